The van der Waals surface area contributed by atoms with Gasteiger partial charge in [0, 0.05) is 13.0 Å². The van der Waals surface area contributed by atoms with E-state index in [-0.39, 0.29) is 16.9 Å². The van der Waals surface area contributed by atoms with Crippen molar-refractivity contribution in [1.82, 2.24) is 10.6 Å². The molecule has 0 heterocycles. The van der Waals surface area contributed by atoms with E-state index < -0.39 is 0 Å². The Balaban J connectivity index is 1.89. The Morgan fingerprint density at radius 1 is 0.929 bits per heavy atom. The first-order chi connectivity index (χ1) is 13.6. The minimum absolute atomic E-state index is 0.111. The molecule has 0 aliphatic rings. The van der Waals surface area contributed by atoms with Crippen molar-refractivity contribution in [2.24, 2.45) is 0 Å². The summed E-state index contributed by atoms with van der Waals surface area (Å²) in [6.07, 6.45) is 4.59. The highest BCUT2D eigenvalue weighted by atomic mass is 32.1. The highest BCUT2D eigenvalue weighted by molar-refractivity contribution is 7.80. The molecule has 3 N–H and O–H groups in total. The molecule has 0 aromatic heterocycles. The predicted molar refractivity (Wildman–Crippen MR) is 117 cm³/mol. The molecule has 0 atom stereocenters. The first kappa shape index (κ1) is 21.6. The number of unbranched alkanes of at least 4 members (excludes halogenated alkanes) is 3. The summed E-state index contributed by atoms with van der Waals surface area (Å²) in [5, 5.41) is 8.74. The number of rotatable bonds is 9. The standard InChI is InChI=1S/C22H27N3O2S/c1-2-3-4-8-15-20(26)25-22(28)24-19-14-10-9-13-18(19)21(27)23-16-17-11-6-5-7-12-17/h5-7,9-14H,2-4,8,15-16H2,1H3,(H,23,27)(H2,24,25,26,28). The number of thiocarbonyl (C=S) groups is 1. The molecule has 0 spiro atoms. The van der Waals surface area contributed by atoms with Gasteiger partial charge in [-0.15, -0.1) is 0 Å². The normalized spacial score (nSPS) is 10.2. The summed E-state index contributed by atoms with van der Waals surface area (Å²) in [6, 6.07) is 16.8. The summed E-state index contributed by atoms with van der Waals surface area (Å²) in [5.41, 5.74) is 2.05. The summed E-state index contributed by atoms with van der Waals surface area (Å²) >= 11 is 5.23. The summed E-state index contributed by atoms with van der Waals surface area (Å²) in [7, 11) is 0. The van der Waals surface area contributed by atoms with E-state index in [4.69, 9.17) is 12.2 Å². The van der Waals surface area contributed by atoms with Crippen LogP contribution >= 0.6 is 12.2 Å². The number of nitrogens with one attached hydrogen (secondary N) is 3. The Morgan fingerprint density at radius 3 is 2.39 bits per heavy atom. The monoisotopic (exact) mass is 397 g/mol. The number of amides is 2. The molecule has 2 aromatic rings. The molecule has 28 heavy (non-hydrogen) atoms. The molecule has 6 heteroatoms. The molecule has 0 saturated carbocycles. The van der Waals surface area contributed by atoms with Gasteiger partial charge in [-0.25, -0.2) is 0 Å². The Bertz CT molecular complexity index is 793. The Kier molecular flexibility index (Phi) is 9.15. The molecule has 0 saturated heterocycles. The molecule has 148 valence electrons. The molecule has 2 rings (SSSR count). The number of para-hydroxylation sites is 1. The lowest BCUT2D eigenvalue weighted by atomic mass is 10.1. The van der Waals surface area contributed by atoms with Gasteiger partial charge in [-0.05, 0) is 36.3 Å². The number of hydrogen-bond acceptors (Lipinski definition) is 3. The average molecular weight is 398 g/mol. The molecule has 2 aromatic carbocycles. The number of anilines is 1. The lowest BCUT2D eigenvalue weighted by molar-refractivity contribution is -0.119. The van der Waals surface area contributed by atoms with Crippen molar-refractivity contribution in [3.8, 4) is 0 Å². The van der Waals surface area contributed by atoms with Gasteiger partial charge in [0.05, 0.1) is 11.3 Å². The van der Waals surface area contributed by atoms with E-state index in [9.17, 15) is 9.59 Å². The van der Waals surface area contributed by atoms with E-state index in [1.54, 1.807) is 18.2 Å². The molecule has 0 radical (unpaired) electrons. The van der Waals surface area contributed by atoms with Gasteiger partial charge in [-0.3, -0.25) is 9.59 Å². The van der Waals surface area contributed by atoms with Crippen molar-refractivity contribution in [2.75, 3.05) is 5.32 Å². The minimum atomic E-state index is -0.208. The fraction of sp³-hybridized carbons (Fsp3) is 0.318. The number of benzene rings is 2. The molecule has 0 unspecified atom stereocenters. The van der Waals surface area contributed by atoms with Gasteiger partial charge in [0.2, 0.25) is 5.91 Å². The Labute approximate surface area is 171 Å². The van der Waals surface area contributed by atoms with Gasteiger partial charge < -0.3 is 16.0 Å². The highest BCUT2D eigenvalue weighted by Crippen LogP contribution is 2.15. The molecular formula is C22H27N3O2S. The quantitative estimate of drug-likeness (QED) is 0.433. The zero-order valence-corrected chi connectivity index (χ0v) is 17.0. The fourth-order valence-corrected chi connectivity index (χ4v) is 2.94. The van der Waals surface area contributed by atoms with Crippen LogP contribution in [0.15, 0.2) is 54.6 Å². The van der Waals surface area contributed by atoms with E-state index in [2.05, 4.69) is 22.9 Å². The Hall–Kier alpha value is -2.73. The smallest absolute Gasteiger partial charge is 0.253 e. The third kappa shape index (κ3) is 7.48. The van der Waals surface area contributed by atoms with Gasteiger partial charge in [0.1, 0.15) is 0 Å². The molecule has 5 nitrogen and oxygen atoms in total. The lowest BCUT2D eigenvalue weighted by Gasteiger charge is -2.13. The molecular weight excluding hydrogens is 370 g/mol. The van der Waals surface area contributed by atoms with Crippen molar-refractivity contribution in [2.45, 2.75) is 45.6 Å². The highest BCUT2D eigenvalue weighted by Gasteiger charge is 2.12. The van der Waals surface area contributed by atoms with Gasteiger partial charge in [0.15, 0.2) is 5.11 Å². The zero-order chi connectivity index (χ0) is 20.2. The van der Waals surface area contributed by atoms with Crippen LogP contribution in [0.5, 0.6) is 0 Å². The first-order valence-corrected chi connectivity index (χ1v) is 10.0. The third-order valence-corrected chi connectivity index (χ3v) is 4.43. The third-order valence-electron chi connectivity index (χ3n) is 4.23. The number of hydrogen-bond donors (Lipinski definition) is 3. The first-order valence-electron chi connectivity index (χ1n) is 9.62. The van der Waals surface area contributed by atoms with Crippen LogP contribution in [-0.2, 0) is 11.3 Å². The van der Waals surface area contributed by atoms with Gasteiger partial charge >= 0.3 is 0 Å². The van der Waals surface area contributed by atoms with Crippen molar-refractivity contribution < 1.29 is 9.59 Å². The largest absolute Gasteiger partial charge is 0.348 e. The van der Waals surface area contributed by atoms with E-state index in [1.807, 2.05) is 36.4 Å². The maximum Gasteiger partial charge on any atom is 0.253 e. The van der Waals surface area contributed by atoms with Crippen molar-refractivity contribution in [1.29, 1.82) is 0 Å². The molecule has 0 aliphatic heterocycles. The maximum atomic E-state index is 12.6. The van der Waals surface area contributed by atoms with Crippen LogP contribution in [0.25, 0.3) is 0 Å². The molecule has 0 aliphatic carbocycles. The van der Waals surface area contributed by atoms with Gasteiger partial charge in [-0.2, -0.15) is 0 Å². The Morgan fingerprint density at radius 2 is 1.64 bits per heavy atom. The number of carbonyl (C=O) groups is 2. The molecule has 2 amide bonds. The second-order valence-electron chi connectivity index (χ2n) is 6.53. The average Bonchev–Trinajstić information content (AvgIpc) is 2.70. The van der Waals surface area contributed by atoms with Crippen molar-refractivity contribution >= 4 is 34.8 Å². The second-order valence-corrected chi connectivity index (χ2v) is 6.94. The zero-order valence-electron chi connectivity index (χ0n) is 16.2. The van der Waals surface area contributed by atoms with E-state index >= 15 is 0 Å². The lowest BCUT2D eigenvalue weighted by Crippen LogP contribution is -2.34. The van der Waals surface area contributed by atoms with Crippen LogP contribution < -0.4 is 16.0 Å². The van der Waals surface area contributed by atoms with Crippen LogP contribution in [0.2, 0.25) is 0 Å². The van der Waals surface area contributed by atoms with Crippen molar-refractivity contribution in [3.63, 3.8) is 0 Å². The summed E-state index contributed by atoms with van der Waals surface area (Å²) < 4.78 is 0. The topological polar surface area (TPSA) is 70.2 Å². The number of carbonyl (C=O) groups excluding carboxylic acids is 2. The second kappa shape index (κ2) is 11.9. The minimum Gasteiger partial charge on any atom is -0.348 e. The molecule has 0 fully saturated rings. The van der Waals surface area contributed by atoms with Crippen LogP contribution in [0.4, 0.5) is 5.69 Å². The van der Waals surface area contributed by atoms with E-state index in [1.165, 1.54) is 0 Å². The summed E-state index contributed by atoms with van der Waals surface area (Å²) in [6.45, 7) is 2.57. The summed E-state index contributed by atoms with van der Waals surface area (Å²) in [5.74, 6) is -0.319. The van der Waals surface area contributed by atoms with Crippen LogP contribution in [0.3, 0.4) is 0 Å². The van der Waals surface area contributed by atoms with Crippen molar-refractivity contribution in [3.05, 3.63) is 65.7 Å². The van der Waals surface area contributed by atoms with Gasteiger partial charge in [-0.1, -0.05) is 68.7 Å². The maximum absolute atomic E-state index is 12.6. The fourth-order valence-electron chi connectivity index (χ4n) is 2.72. The predicted octanol–water partition coefficient (Wildman–Crippen LogP) is 4.40. The van der Waals surface area contributed by atoms with Crippen LogP contribution in [0, 0.1) is 0 Å². The molecule has 0 bridgehead atoms. The van der Waals surface area contributed by atoms with E-state index in [0.717, 1.165) is 31.2 Å². The van der Waals surface area contributed by atoms with E-state index in [0.29, 0.717) is 24.2 Å². The summed E-state index contributed by atoms with van der Waals surface area (Å²) in [4.78, 5) is 24.5. The van der Waals surface area contributed by atoms with Crippen LogP contribution in [0.1, 0.15) is 54.9 Å². The van der Waals surface area contributed by atoms with Crippen LogP contribution in [-0.4, -0.2) is 16.9 Å². The van der Waals surface area contributed by atoms with Gasteiger partial charge in [0.25, 0.3) is 5.91 Å². The SMILES string of the molecule is CCCCCCC(=O)NC(=S)Nc1ccccc1C(=O)NCc1ccccc1.